The molecule has 1 aromatic carbocycles. The lowest BCUT2D eigenvalue weighted by Gasteiger charge is -2.07. The highest BCUT2D eigenvalue weighted by molar-refractivity contribution is 5.60. The SMILES string of the molecule is COc1cc(C#N)cc([N+](=O)[O-])c1OC. The molecule has 1 rings (SSSR count). The lowest BCUT2D eigenvalue weighted by Crippen LogP contribution is -1.97. The van der Waals surface area contributed by atoms with Crippen molar-refractivity contribution in [3.63, 3.8) is 0 Å². The Morgan fingerprint density at radius 1 is 1.40 bits per heavy atom. The van der Waals surface area contributed by atoms with Crippen molar-refractivity contribution in [3.05, 3.63) is 27.8 Å². The third-order valence-electron chi connectivity index (χ3n) is 1.79. The average molecular weight is 208 g/mol. The Labute approximate surface area is 85.8 Å². The van der Waals surface area contributed by atoms with Crippen LogP contribution >= 0.6 is 0 Å². The first kappa shape index (κ1) is 10.8. The molecule has 6 heteroatoms. The second kappa shape index (κ2) is 4.28. The largest absolute Gasteiger partial charge is 0.493 e. The van der Waals surface area contributed by atoms with Crippen LogP contribution in [0.2, 0.25) is 0 Å². The van der Waals surface area contributed by atoms with Crippen molar-refractivity contribution >= 4 is 5.69 Å². The smallest absolute Gasteiger partial charge is 0.316 e. The molecular weight excluding hydrogens is 200 g/mol. The van der Waals surface area contributed by atoms with Gasteiger partial charge >= 0.3 is 5.69 Å². The highest BCUT2D eigenvalue weighted by Crippen LogP contribution is 2.37. The number of hydrogen-bond donors (Lipinski definition) is 0. The summed E-state index contributed by atoms with van der Waals surface area (Å²) < 4.78 is 9.74. The zero-order chi connectivity index (χ0) is 11.4. The van der Waals surface area contributed by atoms with Crippen LogP contribution < -0.4 is 9.47 Å². The number of nitriles is 1. The Balaban J connectivity index is 3.47. The fraction of sp³-hybridized carbons (Fsp3) is 0.222. The van der Waals surface area contributed by atoms with Crippen LogP contribution in [0.5, 0.6) is 11.5 Å². The number of nitro groups is 1. The molecule has 1 aromatic rings. The van der Waals surface area contributed by atoms with E-state index in [0.717, 1.165) is 6.07 Å². The monoisotopic (exact) mass is 208 g/mol. The summed E-state index contributed by atoms with van der Waals surface area (Å²) in [6.07, 6.45) is 0. The van der Waals surface area contributed by atoms with Crippen molar-refractivity contribution in [3.8, 4) is 17.6 Å². The molecule has 0 aliphatic rings. The van der Waals surface area contributed by atoms with Gasteiger partial charge in [-0.25, -0.2) is 0 Å². The topological polar surface area (TPSA) is 85.4 Å². The Morgan fingerprint density at radius 2 is 2.07 bits per heavy atom. The van der Waals surface area contributed by atoms with Crippen molar-refractivity contribution < 1.29 is 14.4 Å². The molecule has 0 fully saturated rings. The van der Waals surface area contributed by atoms with E-state index in [-0.39, 0.29) is 22.7 Å². The van der Waals surface area contributed by atoms with Crippen molar-refractivity contribution in [2.45, 2.75) is 0 Å². The van der Waals surface area contributed by atoms with Crippen LogP contribution in [0.15, 0.2) is 12.1 Å². The molecule has 0 heterocycles. The van der Waals surface area contributed by atoms with E-state index in [4.69, 9.17) is 14.7 Å². The number of benzene rings is 1. The molecule has 0 atom stereocenters. The molecule has 0 aromatic heterocycles. The Kier molecular flexibility index (Phi) is 3.08. The van der Waals surface area contributed by atoms with Crippen LogP contribution in [0, 0.1) is 21.4 Å². The lowest BCUT2D eigenvalue weighted by molar-refractivity contribution is -0.385. The molecule has 15 heavy (non-hydrogen) atoms. The van der Waals surface area contributed by atoms with Crippen LogP contribution in [-0.4, -0.2) is 19.1 Å². The van der Waals surface area contributed by atoms with Gasteiger partial charge in [-0.15, -0.1) is 0 Å². The van der Waals surface area contributed by atoms with Gasteiger partial charge in [0.2, 0.25) is 5.75 Å². The molecule has 0 aliphatic carbocycles. The van der Waals surface area contributed by atoms with Gasteiger partial charge in [0, 0.05) is 12.1 Å². The van der Waals surface area contributed by atoms with E-state index in [0.29, 0.717) is 0 Å². The van der Waals surface area contributed by atoms with Gasteiger partial charge in [0.15, 0.2) is 5.75 Å². The van der Waals surface area contributed by atoms with Gasteiger partial charge in [-0.1, -0.05) is 0 Å². The maximum absolute atomic E-state index is 10.7. The minimum Gasteiger partial charge on any atom is -0.493 e. The molecule has 0 unspecified atom stereocenters. The summed E-state index contributed by atoms with van der Waals surface area (Å²) in [6.45, 7) is 0. The van der Waals surface area contributed by atoms with E-state index in [2.05, 4.69) is 0 Å². The molecule has 0 saturated carbocycles. The summed E-state index contributed by atoms with van der Waals surface area (Å²) in [5.41, 5.74) is -0.132. The van der Waals surface area contributed by atoms with E-state index in [1.54, 1.807) is 0 Å². The maximum Gasteiger partial charge on any atom is 0.316 e. The van der Waals surface area contributed by atoms with Crippen LogP contribution in [-0.2, 0) is 0 Å². The third kappa shape index (κ3) is 1.96. The normalized spacial score (nSPS) is 9.13. The summed E-state index contributed by atoms with van der Waals surface area (Å²) in [4.78, 5) is 10.1. The van der Waals surface area contributed by atoms with Crippen molar-refractivity contribution in [2.24, 2.45) is 0 Å². The second-order valence-corrected chi connectivity index (χ2v) is 2.60. The average Bonchev–Trinajstić information content (AvgIpc) is 2.26. The van der Waals surface area contributed by atoms with Crippen LogP contribution in [0.25, 0.3) is 0 Å². The summed E-state index contributed by atoms with van der Waals surface area (Å²) >= 11 is 0. The number of nitro benzene ring substituents is 1. The first-order valence-electron chi connectivity index (χ1n) is 3.94. The van der Waals surface area contributed by atoms with Crippen molar-refractivity contribution in [2.75, 3.05) is 14.2 Å². The zero-order valence-electron chi connectivity index (χ0n) is 8.18. The van der Waals surface area contributed by atoms with Crippen LogP contribution in [0.3, 0.4) is 0 Å². The minimum atomic E-state index is -0.623. The van der Waals surface area contributed by atoms with Gasteiger partial charge < -0.3 is 9.47 Å². The first-order chi connectivity index (χ1) is 7.13. The van der Waals surface area contributed by atoms with Crippen LogP contribution in [0.1, 0.15) is 5.56 Å². The zero-order valence-corrected chi connectivity index (χ0v) is 8.18. The summed E-state index contributed by atoms with van der Waals surface area (Å²) in [7, 11) is 2.65. The number of nitrogens with zero attached hydrogens (tertiary/aromatic N) is 2. The molecule has 6 nitrogen and oxygen atoms in total. The van der Waals surface area contributed by atoms with E-state index in [9.17, 15) is 10.1 Å². The molecule has 0 bridgehead atoms. The molecular formula is C9H8N2O4. The van der Waals surface area contributed by atoms with Gasteiger partial charge in [0.05, 0.1) is 30.8 Å². The summed E-state index contributed by atoms with van der Waals surface area (Å²) in [6, 6.07) is 4.33. The quantitative estimate of drug-likeness (QED) is 0.554. The standard InChI is InChI=1S/C9H8N2O4/c1-14-8-4-6(5-10)3-7(11(12)13)9(8)15-2/h3-4H,1-2H3. The predicted molar refractivity (Wildman–Crippen MR) is 50.9 cm³/mol. The first-order valence-corrected chi connectivity index (χ1v) is 3.94. The fourth-order valence-electron chi connectivity index (χ4n) is 1.14. The Hall–Kier alpha value is -2.29. The Morgan fingerprint density at radius 3 is 2.47 bits per heavy atom. The molecule has 0 N–H and O–H groups in total. The maximum atomic E-state index is 10.7. The Bertz CT molecular complexity index is 436. The summed E-state index contributed by atoms with van der Waals surface area (Å²) in [5.74, 6) is 0.185. The van der Waals surface area contributed by atoms with E-state index in [1.165, 1.54) is 20.3 Å². The third-order valence-corrected chi connectivity index (χ3v) is 1.79. The second-order valence-electron chi connectivity index (χ2n) is 2.60. The van der Waals surface area contributed by atoms with Gasteiger partial charge in [-0.05, 0) is 0 Å². The molecule has 0 saturated heterocycles. The van der Waals surface area contributed by atoms with Gasteiger partial charge in [-0.3, -0.25) is 10.1 Å². The van der Waals surface area contributed by atoms with Crippen LogP contribution in [0.4, 0.5) is 5.69 Å². The number of rotatable bonds is 3. The lowest BCUT2D eigenvalue weighted by atomic mass is 10.2. The molecule has 78 valence electrons. The van der Waals surface area contributed by atoms with Gasteiger partial charge in [-0.2, -0.15) is 5.26 Å². The van der Waals surface area contributed by atoms with E-state index < -0.39 is 4.92 Å². The fourth-order valence-corrected chi connectivity index (χ4v) is 1.14. The van der Waals surface area contributed by atoms with Crippen molar-refractivity contribution in [1.29, 1.82) is 5.26 Å². The predicted octanol–water partition coefficient (Wildman–Crippen LogP) is 1.48. The van der Waals surface area contributed by atoms with Gasteiger partial charge in [0.1, 0.15) is 0 Å². The summed E-state index contributed by atoms with van der Waals surface area (Å²) in [5, 5.41) is 19.3. The highest BCUT2D eigenvalue weighted by Gasteiger charge is 2.21. The van der Waals surface area contributed by atoms with E-state index >= 15 is 0 Å². The number of methoxy groups -OCH3 is 2. The van der Waals surface area contributed by atoms with Gasteiger partial charge in [0.25, 0.3) is 0 Å². The minimum absolute atomic E-state index is 0.0153. The molecule has 0 amide bonds. The van der Waals surface area contributed by atoms with Crippen molar-refractivity contribution in [1.82, 2.24) is 0 Å². The number of ether oxygens (including phenoxy) is 2. The van der Waals surface area contributed by atoms with E-state index in [1.807, 2.05) is 6.07 Å². The molecule has 0 aliphatic heterocycles. The molecule has 0 radical (unpaired) electrons. The number of hydrogen-bond acceptors (Lipinski definition) is 5. The highest BCUT2D eigenvalue weighted by atomic mass is 16.6. The molecule has 0 spiro atoms.